The van der Waals surface area contributed by atoms with Crippen molar-refractivity contribution in [3.63, 3.8) is 0 Å². The van der Waals surface area contributed by atoms with Gasteiger partial charge in [-0.25, -0.2) is 22.9 Å². The number of aromatic amines is 1. The molecule has 11 heteroatoms. The summed E-state index contributed by atoms with van der Waals surface area (Å²) >= 11 is 0. The van der Waals surface area contributed by atoms with E-state index in [0.717, 1.165) is 12.1 Å². The number of aromatic nitrogens is 1. The highest BCUT2D eigenvalue weighted by molar-refractivity contribution is 6.32. The number of hydrogen-bond donors (Lipinski definition) is 3. The minimum atomic E-state index is -1.45. The number of amides is 4. The van der Waals surface area contributed by atoms with Gasteiger partial charge >= 0.3 is 6.03 Å². The monoisotopic (exact) mass is 572 g/mol. The minimum absolute atomic E-state index is 0.0461. The van der Waals surface area contributed by atoms with Crippen LogP contribution in [0.5, 0.6) is 0 Å². The summed E-state index contributed by atoms with van der Waals surface area (Å²) in [6, 6.07) is 9.53. The summed E-state index contributed by atoms with van der Waals surface area (Å²) in [5.74, 6) is -6.10. The first-order valence-electron chi connectivity index (χ1n) is 12.9. The van der Waals surface area contributed by atoms with E-state index in [9.17, 15) is 28.3 Å². The summed E-state index contributed by atoms with van der Waals surface area (Å²) in [6.45, 7) is 4.80. The largest absolute Gasteiger partial charge is 0.386 e. The Balaban J connectivity index is 1.59. The van der Waals surface area contributed by atoms with Gasteiger partial charge in [0.05, 0.1) is 28.1 Å². The molecule has 1 atom stereocenters. The average molecular weight is 573 g/mol. The van der Waals surface area contributed by atoms with E-state index in [1.807, 2.05) is 0 Å². The Morgan fingerprint density at radius 1 is 1.12 bits per heavy atom. The van der Waals surface area contributed by atoms with Crippen LogP contribution >= 0.6 is 0 Å². The van der Waals surface area contributed by atoms with Crippen LogP contribution in [0.15, 0.2) is 71.3 Å². The summed E-state index contributed by atoms with van der Waals surface area (Å²) < 4.78 is 44.3. The number of benzene rings is 3. The van der Waals surface area contributed by atoms with Crippen molar-refractivity contribution in [1.29, 1.82) is 0 Å². The maximum atomic E-state index is 16.0. The number of rotatable bonds is 4. The summed E-state index contributed by atoms with van der Waals surface area (Å²) in [6.07, 6.45) is 1.43. The maximum absolute atomic E-state index is 16.0. The second-order valence-corrected chi connectivity index (χ2v) is 10.8. The van der Waals surface area contributed by atoms with Crippen LogP contribution < -0.4 is 10.6 Å². The molecule has 0 saturated carbocycles. The molecule has 42 heavy (non-hydrogen) atoms. The predicted octanol–water partition coefficient (Wildman–Crippen LogP) is 6.01. The summed E-state index contributed by atoms with van der Waals surface area (Å²) in [7, 11) is 0. The molecule has 3 aromatic carbocycles. The van der Waals surface area contributed by atoms with Crippen LogP contribution in [0.4, 0.5) is 23.7 Å². The Hall–Kier alpha value is -5.03. The van der Waals surface area contributed by atoms with Crippen molar-refractivity contribution in [2.75, 3.05) is 4.90 Å². The molecular formula is C31H23F3N4O4. The van der Waals surface area contributed by atoms with Crippen LogP contribution in [0.1, 0.15) is 35.3 Å². The van der Waals surface area contributed by atoms with Gasteiger partial charge in [0.25, 0.3) is 5.91 Å². The Morgan fingerprint density at radius 3 is 2.55 bits per heavy atom. The SMILES string of the molecule is Cc1c(-c2c(F)cc(C(N)=O)c3[nH]c4cc(C(C)(C)O)ccc4c23)cccc1N1C(=O)N=C2C(F)=CC(F)=CC2C1=O. The molecule has 1 aliphatic heterocycles. The van der Waals surface area contributed by atoms with Gasteiger partial charge in [0.15, 0.2) is 0 Å². The van der Waals surface area contributed by atoms with E-state index in [1.165, 1.54) is 12.1 Å². The van der Waals surface area contributed by atoms with Crippen LogP contribution in [-0.2, 0) is 10.4 Å². The second kappa shape index (κ2) is 9.25. The van der Waals surface area contributed by atoms with Gasteiger partial charge in [-0.3, -0.25) is 9.59 Å². The number of carbonyl (C=O) groups is 3. The van der Waals surface area contributed by atoms with Gasteiger partial charge in [0, 0.05) is 27.9 Å². The smallest absolute Gasteiger partial charge is 0.355 e. The number of aliphatic imine (C=N–C) groups is 1. The van der Waals surface area contributed by atoms with Crippen LogP contribution in [-0.4, -0.2) is 33.6 Å². The Bertz CT molecular complexity index is 2000. The number of urea groups is 1. The number of carbonyl (C=O) groups excluding carboxylic acids is 3. The lowest BCUT2D eigenvalue weighted by molar-refractivity contribution is -0.118. The van der Waals surface area contributed by atoms with E-state index in [4.69, 9.17) is 5.73 Å². The van der Waals surface area contributed by atoms with Crippen LogP contribution in [0.2, 0.25) is 0 Å². The third kappa shape index (κ3) is 4.04. The quantitative estimate of drug-likeness (QED) is 0.277. The van der Waals surface area contributed by atoms with E-state index in [1.54, 1.807) is 45.0 Å². The van der Waals surface area contributed by atoms with Crippen molar-refractivity contribution < 1.29 is 32.7 Å². The molecule has 1 aliphatic carbocycles. The number of fused-ring (bicyclic) bond motifs is 4. The lowest BCUT2D eigenvalue weighted by atomic mass is 9.90. The molecule has 0 saturated heterocycles. The standard InChI is InChI=1S/C31H23F3N4O4/c1-13-16(5-4-6-23(13)38-29(40)19-10-15(32)11-21(34)26(19)37-30(38)41)24-20(33)12-18(28(35)39)27-25(24)17-8-7-14(31(2,3)42)9-22(17)36-27/h4-12,19,36,42H,1-3H3,(H2,35,39). The second-order valence-electron chi connectivity index (χ2n) is 10.8. The normalized spacial score (nSPS) is 17.4. The number of nitrogens with zero attached hydrogens (tertiary/aromatic N) is 2. The van der Waals surface area contributed by atoms with Crippen LogP contribution in [0.3, 0.4) is 0 Å². The molecule has 4 aromatic rings. The van der Waals surface area contributed by atoms with Gasteiger partial charge in [-0.05, 0) is 61.7 Å². The Morgan fingerprint density at radius 2 is 1.86 bits per heavy atom. The van der Waals surface area contributed by atoms with Gasteiger partial charge in [0.2, 0.25) is 5.91 Å². The van der Waals surface area contributed by atoms with Gasteiger partial charge in [-0.1, -0.05) is 24.3 Å². The van der Waals surface area contributed by atoms with Crippen LogP contribution in [0, 0.1) is 18.7 Å². The molecule has 0 spiro atoms. The van der Waals surface area contributed by atoms with Crippen LogP contribution in [0.25, 0.3) is 32.9 Å². The number of nitrogens with one attached hydrogen (secondary N) is 1. The van der Waals surface area contributed by atoms with Crippen molar-refractivity contribution >= 4 is 51.1 Å². The zero-order valence-corrected chi connectivity index (χ0v) is 22.6. The lowest BCUT2D eigenvalue weighted by Gasteiger charge is -2.30. The molecule has 0 radical (unpaired) electrons. The van der Waals surface area contributed by atoms with Gasteiger partial charge in [-0.2, -0.15) is 4.99 Å². The maximum Gasteiger partial charge on any atom is 0.355 e. The van der Waals surface area contributed by atoms with Crippen molar-refractivity contribution in [3.8, 4) is 11.1 Å². The predicted molar refractivity (Wildman–Crippen MR) is 152 cm³/mol. The van der Waals surface area contributed by atoms with Crippen molar-refractivity contribution in [1.82, 2.24) is 4.98 Å². The molecule has 0 fully saturated rings. The van der Waals surface area contributed by atoms with Crippen molar-refractivity contribution in [3.05, 3.63) is 88.8 Å². The minimum Gasteiger partial charge on any atom is -0.386 e. The fraction of sp³-hybridized carbons (Fsp3) is 0.161. The van der Waals surface area contributed by atoms with Crippen molar-refractivity contribution in [2.45, 2.75) is 26.4 Å². The number of nitrogens with two attached hydrogens (primary N) is 1. The number of aliphatic hydroxyl groups is 1. The summed E-state index contributed by atoms with van der Waals surface area (Å²) in [4.78, 5) is 46.2. The molecular weight excluding hydrogens is 549 g/mol. The first-order valence-corrected chi connectivity index (χ1v) is 12.9. The number of anilines is 1. The van der Waals surface area contributed by atoms with Gasteiger partial charge in [-0.15, -0.1) is 0 Å². The molecule has 2 heterocycles. The van der Waals surface area contributed by atoms with E-state index in [-0.39, 0.29) is 27.9 Å². The highest BCUT2D eigenvalue weighted by Gasteiger charge is 2.41. The highest BCUT2D eigenvalue weighted by atomic mass is 19.1. The highest BCUT2D eigenvalue weighted by Crippen LogP contribution is 2.43. The van der Waals surface area contributed by atoms with E-state index in [0.29, 0.717) is 38.4 Å². The molecule has 4 amide bonds. The Kier molecular flexibility index (Phi) is 5.98. The fourth-order valence-corrected chi connectivity index (χ4v) is 5.57. The molecule has 2 aliphatic rings. The molecule has 0 bridgehead atoms. The fourth-order valence-electron chi connectivity index (χ4n) is 5.57. The van der Waals surface area contributed by atoms with Gasteiger partial charge in [0.1, 0.15) is 23.4 Å². The number of H-pyrrole nitrogens is 1. The number of imide groups is 1. The molecule has 4 N–H and O–H groups in total. The number of halogens is 3. The molecule has 1 unspecified atom stereocenters. The first kappa shape index (κ1) is 27.2. The van der Waals surface area contributed by atoms with E-state index < -0.39 is 52.5 Å². The topological polar surface area (TPSA) is 129 Å². The van der Waals surface area contributed by atoms with Crippen molar-refractivity contribution in [2.24, 2.45) is 16.6 Å². The average Bonchev–Trinajstić information content (AvgIpc) is 3.28. The molecule has 212 valence electrons. The number of hydrogen-bond acceptors (Lipinski definition) is 4. The number of allylic oxidation sites excluding steroid dienone is 3. The van der Waals surface area contributed by atoms with E-state index >= 15 is 4.39 Å². The third-order valence-corrected chi connectivity index (χ3v) is 7.64. The summed E-state index contributed by atoms with van der Waals surface area (Å²) in [5.41, 5.74) is 5.88. The first-order chi connectivity index (χ1) is 19.8. The zero-order valence-electron chi connectivity index (χ0n) is 22.6. The third-order valence-electron chi connectivity index (χ3n) is 7.64. The Labute approximate surface area is 236 Å². The van der Waals surface area contributed by atoms with E-state index in [2.05, 4.69) is 9.98 Å². The molecule has 6 rings (SSSR count). The summed E-state index contributed by atoms with van der Waals surface area (Å²) in [5, 5.41) is 11.4. The molecule has 8 nitrogen and oxygen atoms in total. The zero-order chi connectivity index (χ0) is 30.2. The molecule has 1 aromatic heterocycles. The number of primary amides is 1. The van der Waals surface area contributed by atoms with Gasteiger partial charge < -0.3 is 15.8 Å². The lowest BCUT2D eigenvalue weighted by Crippen LogP contribution is -2.47.